The highest BCUT2D eigenvalue weighted by molar-refractivity contribution is 7.98. The van der Waals surface area contributed by atoms with E-state index in [4.69, 9.17) is 10.2 Å². The molecular weight excluding hydrogens is 412 g/mol. The summed E-state index contributed by atoms with van der Waals surface area (Å²) in [6.45, 7) is 5.94. The molecule has 0 saturated heterocycles. The van der Waals surface area contributed by atoms with Crippen molar-refractivity contribution in [2.75, 3.05) is 5.73 Å². The molecule has 0 fully saturated rings. The molecule has 0 aliphatic carbocycles. The van der Waals surface area contributed by atoms with Crippen LogP contribution in [0.15, 0.2) is 50.5 Å². The number of anilines is 1. The lowest BCUT2D eigenvalue weighted by atomic mass is 9.96. The van der Waals surface area contributed by atoms with Crippen LogP contribution >= 0.6 is 23.1 Å². The molecule has 1 aromatic carbocycles. The number of nitrogen functional groups attached to an aromatic ring is 1. The van der Waals surface area contributed by atoms with Crippen molar-refractivity contribution in [3.63, 3.8) is 0 Å². The van der Waals surface area contributed by atoms with Gasteiger partial charge in [0.2, 0.25) is 5.89 Å². The predicted octanol–water partition coefficient (Wildman–Crippen LogP) is 6.14. The molecular formula is C23H20N4OS2. The molecule has 4 aromatic rings. The Kier molecular flexibility index (Phi) is 5.62. The SMILES string of the molecule is Cc1ccc(-c2c(C)c(SCc3nc(-c4ccsc4)oc3C)nc(N)c2C#N)cc1. The van der Waals surface area contributed by atoms with E-state index in [9.17, 15) is 5.26 Å². The molecule has 0 aliphatic rings. The van der Waals surface area contributed by atoms with Crippen LogP contribution in [0.25, 0.3) is 22.6 Å². The molecule has 0 atom stereocenters. The van der Waals surface area contributed by atoms with E-state index in [1.54, 1.807) is 23.1 Å². The number of nitrogens with two attached hydrogens (primary N) is 1. The zero-order valence-electron chi connectivity index (χ0n) is 16.9. The van der Waals surface area contributed by atoms with Gasteiger partial charge in [0.05, 0.1) is 5.69 Å². The van der Waals surface area contributed by atoms with E-state index >= 15 is 0 Å². The molecule has 30 heavy (non-hydrogen) atoms. The Morgan fingerprint density at radius 1 is 1.10 bits per heavy atom. The third kappa shape index (κ3) is 3.84. The minimum Gasteiger partial charge on any atom is -0.441 e. The van der Waals surface area contributed by atoms with Gasteiger partial charge in [-0.05, 0) is 43.3 Å². The number of oxazole rings is 1. The van der Waals surface area contributed by atoms with Gasteiger partial charge in [-0.15, -0.1) is 0 Å². The lowest BCUT2D eigenvalue weighted by Crippen LogP contribution is -2.03. The van der Waals surface area contributed by atoms with E-state index in [1.807, 2.05) is 61.9 Å². The molecule has 0 aliphatic heterocycles. The number of aryl methyl sites for hydroxylation is 2. The fourth-order valence-corrected chi connectivity index (χ4v) is 4.87. The first-order valence-corrected chi connectivity index (χ1v) is 11.3. The Balaban J connectivity index is 1.67. The van der Waals surface area contributed by atoms with Gasteiger partial charge in [0.15, 0.2) is 0 Å². The average molecular weight is 433 g/mol. The smallest absolute Gasteiger partial charge is 0.227 e. The van der Waals surface area contributed by atoms with Crippen molar-refractivity contribution < 1.29 is 4.42 Å². The van der Waals surface area contributed by atoms with Gasteiger partial charge >= 0.3 is 0 Å². The summed E-state index contributed by atoms with van der Waals surface area (Å²) in [7, 11) is 0. The maximum atomic E-state index is 9.67. The van der Waals surface area contributed by atoms with Crippen LogP contribution in [-0.2, 0) is 5.75 Å². The van der Waals surface area contributed by atoms with Crippen molar-refractivity contribution in [1.82, 2.24) is 9.97 Å². The number of nitrogens with zero attached hydrogens (tertiary/aromatic N) is 3. The van der Waals surface area contributed by atoms with Crippen LogP contribution in [0, 0.1) is 32.1 Å². The van der Waals surface area contributed by atoms with Gasteiger partial charge in [-0.3, -0.25) is 0 Å². The number of hydrogen-bond donors (Lipinski definition) is 1. The second-order valence-corrected chi connectivity index (χ2v) is 8.72. The largest absolute Gasteiger partial charge is 0.441 e. The van der Waals surface area contributed by atoms with Crippen LogP contribution in [0.2, 0.25) is 0 Å². The van der Waals surface area contributed by atoms with E-state index in [0.29, 0.717) is 17.2 Å². The fraction of sp³-hybridized carbons (Fsp3) is 0.174. The first-order valence-electron chi connectivity index (χ1n) is 9.36. The number of thioether (sulfide) groups is 1. The molecule has 0 amide bonds. The maximum Gasteiger partial charge on any atom is 0.227 e. The monoisotopic (exact) mass is 432 g/mol. The lowest BCUT2D eigenvalue weighted by Gasteiger charge is -2.14. The highest BCUT2D eigenvalue weighted by Crippen LogP contribution is 2.37. The number of aromatic nitrogens is 2. The molecule has 0 spiro atoms. The molecule has 7 heteroatoms. The van der Waals surface area contributed by atoms with E-state index in [1.165, 1.54) is 0 Å². The Bertz CT molecular complexity index is 1240. The van der Waals surface area contributed by atoms with Crippen LogP contribution < -0.4 is 5.73 Å². The zero-order chi connectivity index (χ0) is 21.3. The van der Waals surface area contributed by atoms with Gasteiger partial charge in [0, 0.05) is 22.3 Å². The quantitative estimate of drug-likeness (QED) is 0.381. The third-order valence-corrected chi connectivity index (χ3v) is 6.65. The molecule has 3 aromatic heterocycles. The molecule has 150 valence electrons. The predicted molar refractivity (Wildman–Crippen MR) is 122 cm³/mol. The molecule has 0 saturated carbocycles. The third-order valence-electron chi connectivity index (χ3n) is 4.88. The van der Waals surface area contributed by atoms with Gasteiger partial charge in [0.25, 0.3) is 0 Å². The van der Waals surface area contributed by atoms with Crippen molar-refractivity contribution in [2.24, 2.45) is 0 Å². The van der Waals surface area contributed by atoms with Gasteiger partial charge < -0.3 is 10.2 Å². The van der Waals surface area contributed by atoms with Crippen LogP contribution in [0.1, 0.15) is 28.1 Å². The standard InChI is InChI=1S/C23H20N4OS2/c1-13-4-6-16(7-5-13)20-14(2)23(27-21(25)18(20)10-24)30-12-19-15(3)28-22(26-19)17-8-9-29-11-17/h4-9,11H,12H2,1-3H3,(H2,25,27). The summed E-state index contributed by atoms with van der Waals surface area (Å²) in [5.41, 5.74) is 12.3. The lowest BCUT2D eigenvalue weighted by molar-refractivity contribution is 0.541. The van der Waals surface area contributed by atoms with E-state index in [-0.39, 0.29) is 5.82 Å². The van der Waals surface area contributed by atoms with E-state index in [2.05, 4.69) is 16.0 Å². The number of thiophene rings is 1. The normalized spacial score (nSPS) is 10.9. The number of rotatable bonds is 5. The van der Waals surface area contributed by atoms with Crippen molar-refractivity contribution >= 4 is 28.9 Å². The first kappa shape index (κ1) is 20.2. The van der Waals surface area contributed by atoms with Gasteiger partial charge in [-0.25, -0.2) is 9.97 Å². The highest BCUT2D eigenvalue weighted by Gasteiger charge is 2.19. The highest BCUT2D eigenvalue weighted by atomic mass is 32.2. The van der Waals surface area contributed by atoms with Gasteiger partial charge in [0.1, 0.15) is 28.2 Å². The number of benzene rings is 1. The summed E-state index contributed by atoms with van der Waals surface area (Å²) in [6.07, 6.45) is 0. The Morgan fingerprint density at radius 2 is 1.87 bits per heavy atom. The van der Waals surface area contributed by atoms with Crippen LogP contribution in [-0.4, -0.2) is 9.97 Å². The van der Waals surface area contributed by atoms with Crippen molar-refractivity contribution in [3.8, 4) is 28.7 Å². The summed E-state index contributed by atoms with van der Waals surface area (Å²) in [6, 6.07) is 12.3. The topological polar surface area (TPSA) is 88.7 Å². The number of nitriles is 1. The second-order valence-electron chi connectivity index (χ2n) is 6.98. The van der Waals surface area contributed by atoms with Crippen LogP contribution in [0.3, 0.4) is 0 Å². The molecule has 0 unspecified atom stereocenters. The van der Waals surface area contributed by atoms with Gasteiger partial charge in [-0.2, -0.15) is 16.6 Å². The van der Waals surface area contributed by atoms with Crippen molar-refractivity contribution in [2.45, 2.75) is 31.6 Å². The molecule has 3 heterocycles. The summed E-state index contributed by atoms with van der Waals surface area (Å²) in [5.74, 6) is 2.28. The minimum atomic E-state index is 0.247. The molecule has 0 radical (unpaired) electrons. The summed E-state index contributed by atoms with van der Waals surface area (Å²) in [5, 5.41) is 14.5. The summed E-state index contributed by atoms with van der Waals surface area (Å²) in [4.78, 5) is 9.16. The van der Waals surface area contributed by atoms with Gasteiger partial charge in [-0.1, -0.05) is 41.6 Å². The minimum absolute atomic E-state index is 0.247. The van der Waals surface area contributed by atoms with E-state index < -0.39 is 0 Å². The van der Waals surface area contributed by atoms with E-state index in [0.717, 1.165) is 44.3 Å². The Morgan fingerprint density at radius 3 is 2.53 bits per heavy atom. The summed E-state index contributed by atoms with van der Waals surface area (Å²) < 4.78 is 5.84. The second kappa shape index (κ2) is 8.34. The molecule has 4 rings (SSSR count). The van der Waals surface area contributed by atoms with Crippen molar-refractivity contribution in [1.29, 1.82) is 5.26 Å². The number of pyridine rings is 1. The molecule has 5 nitrogen and oxygen atoms in total. The van der Waals surface area contributed by atoms with Crippen LogP contribution in [0.4, 0.5) is 5.82 Å². The molecule has 0 bridgehead atoms. The average Bonchev–Trinajstić information content (AvgIpc) is 3.39. The first-order chi connectivity index (χ1) is 14.5. The Hall–Kier alpha value is -3.08. The Labute approximate surface area is 183 Å². The van der Waals surface area contributed by atoms with Crippen LogP contribution in [0.5, 0.6) is 0 Å². The maximum absolute atomic E-state index is 9.67. The molecule has 2 N–H and O–H groups in total. The fourth-order valence-electron chi connectivity index (χ4n) is 3.21. The van der Waals surface area contributed by atoms with Crippen molar-refractivity contribution in [3.05, 3.63) is 69.2 Å². The zero-order valence-corrected chi connectivity index (χ0v) is 18.5. The summed E-state index contributed by atoms with van der Waals surface area (Å²) >= 11 is 3.16. The number of hydrogen-bond acceptors (Lipinski definition) is 7.